The van der Waals surface area contributed by atoms with Crippen LogP contribution in [-0.4, -0.2) is 69.6 Å². The molecule has 1 aromatic heterocycles. The van der Waals surface area contributed by atoms with E-state index < -0.39 is 11.4 Å². The third-order valence-corrected chi connectivity index (χ3v) is 5.60. The topological polar surface area (TPSA) is 95.7 Å². The van der Waals surface area contributed by atoms with Gasteiger partial charge in [-0.2, -0.15) is 0 Å². The van der Waals surface area contributed by atoms with Crippen LogP contribution in [0.25, 0.3) is 10.9 Å². The van der Waals surface area contributed by atoms with Crippen LogP contribution in [0, 0.1) is 11.3 Å². The van der Waals surface area contributed by atoms with Crippen LogP contribution in [0.4, 0.5) is 0 Å². The van der Waals surface area contributed by atoms with Gasteiger partial charge in [-0.05, 0) is 19.2 Å². The van der Waals surface area contributed by atoms with Crippen LogP contribution in [0.3, 0.4) is 0 Å². The lowest BCUT2D eigenvalue weighted by atomic mass is 9.81. The Hall–Kier alpha value is -2.74. The van der Waals surface area contributed by atoms with Gasteiger partial charge in [-0.15, -0.1) is 0 Å². The number of amides is 1. The molecule has 2 aromatic rings. The van der Waals surface area contributed by atoms with Crippen molar-refractivity contribution in [3.63, 3.8) is 0 Å². The first-order valence-electron chi connectivity index (χ1n) is 8.54. The Balaban J connectivity index is 1.56. The normalized spacial score (nSPS) is 25.6. The highest BCUT2D eigenvalue weighted by atomic mass is 16.4. The van der Waals surface area contributed by atoms with E-state index in [9.17, 15) is 19.5 Å². The Bertz CT molecular complexity index is 956. The van der Waals surface area contributed by atoms with Crippen LogP contribution >= 0.6 is 0 Å². The average Bonchev–Trinajstić information content (AvgIpc) is 3.11. The smallest absolute Gasteiger partial charge is 0.313 e. The number of carboxylic acids is 1. The van der Waals surface area contributed by atoms with Crippen LogP contribution < -0.4 is 5.56 Å². The second-order valence-electron chi connectivity index (χ2n) is 7.32. The molecule has 26 heavy (non-hydrogen) atoms. The molecule has 0 saturated carbocycles. The zero-order valence-electron chi connectivity index (χ0n) is 14.5. The fourth-order valence-corrected chi connectivity index (χ4v) is 4.27. The van der Waals surface area contributed by atoms with E-state index in [4.69, 9.17) is 0 Å². The maximum atomic E-state index is 12.7. The SMILES string of the molecule is CN1C[C@H]2CN(C(=O)Cn3cnc4ccccc4c3=O)C[C@@]2(C(=O)O)C1. The minimum absolute atomic E-state index is 0.0830. The molecule has 2 fully saturated rings. The minimum atomic E-state index is -0.906. The fourth-order valence-electron chi connectivity index (χ4n) is 4.27. The molecule has 1 amide bonds. The molecule has 136 valence electrons. The van der Waals surface area contributed by atoms with E-state index in [0.717, 1.165) is 0 Å². The predicted octanol–water partition coefficient (Wildman–Crippen LogP) is -0.129. The van der Waals surface area contributed by atoms with Crippen LogP contribution in [0.2, 0.25) is 0 Å². The fraction of sp³-hybridized carbons (Fsp3) is 0.444. The summed E-state index contributed by atoms with van der Waals surface area (Å²) in [6, 6.07) is 6.99. The van der Waals surface area contributed by atoms with Crippen LogP contribution in [0.15, 0.2) is 35.4 Å². The molecule has 2 aliphatic rings. The number of rotatable bonds is 3. The summed E-state index contributed by atoms with van der Waals surface area (Å²) in [6.45, 7) is 1.56. The van der Waals surface area contributed by atoms with Gasteiger partial charge >= 0.3 is 5.97 Å². The summed E-state index contributed by atoms with van der Waals surface area (Å²) in [6.07, 6.45) is 1.38. The molecule has 0 aliphatic carbocycles. The number of carbonyl (C=O) groups is 2. The van der Waals surface area contributed by atoms with E-state index in [1.807, 2.05) is 11.9 Å². The lowest BCUT2D eigenvalue weighted by molar-refractivity contribution is -0.149. The van der Waals surface area contributed by atoms with Crippen molar-refractivity contribution >= 4 is 22.8 Å². The summed E-state index contributed by atoms with van der Waals surface area (Å²) >= 11 is 0. The summed E-state index contributed by atoms with van der Waals surface area (Å²) in [4.78, 5) is 44.9. The van der Waals surface area contributed by atoms with Crippen LogP contribution in [0.1, 0.15) is 0 Å². The number of hydrogen-bond acceptors (Lipinski definition) is 5. The molecular weight excluding hydrogens is 336 g/mol. The van der Waals surface area contributed by atoms with Crippen molar-refractivity contribution in [1.82, 2.24) is 19.4 Å². The number of aromatic nitrogens is 2. The van der Waals surface area contributed by atoms with Gasteiger partial charge in [0.15, 0.2) is 0 Å². The largest absolute Gasteiger partial charge is 0.481 e. The number of fused-ring (bicyclic) bond motifs is 2. The quantitative estimate of drug-likeness (QED) is 0.823. The summed E-state index contributed by atoms with van der Waals surface area (Å²) in [5, 5.41) is 10.2. The average molecular weight is 356 g/mol. The molecule has 8 heteroatoms. The van der Waals surface area contributed by atoms with Crippen molar-refractivity contribution in [2.24, 2.45) is 11.3 Å². The maximum absolute atomic E-state index is 12.7. The van der Waals surface area contributed by atoms with E-state index in [2.05, 4.69) is 4.98 Å². The number of aliphatic carboxylic acids is 1. The highest BCUT2D eigenvalue weighted by molar-refractivity contribution is 5.82. The highest BCUT2D eigenvalue weighted by Gasteiger charge is 2.57. The zero-order valence-corrected chi connectivity index (χ0v) is 14.5. The molecule has 8 nitrogen and oxygen atoms in total. The molecule has 0 unspecified atom stereocenters. The number of hydrogen-bond donors (Lipinski definition) is 1. The molecule has 1 aromatic carbocycles. The van der Waals surface area contributed by atoms with Gasteiger partial charge in [0, 0.05) is 32.1 Å². The second-order valence-corrected chi connectivity index (χ2v) is 7.32. The Morgan fingerprint density at radius 3 is 2.77 bits per heavy atom. The monoisotopic (exact) mass is 356 g/mol. The number of nitrogens with zero attached hydrogens (tertiary/aromatic N) is 4. The Morgan fingerprint density at radius 1 is 1.27 bits per heavy atom. The third kappa shape index (κ3) is 2.48. The molecule has 4 rings (SSSR count). The van der Waals surface area contributed by atoms with E-state index in [1.165, 1.54) is 10.9 Å². The third-order valence-electron chi connectivity index (χ3n) is 5.60. The van der Waals surface area contributed by atoms with Crippen molar-refractivity contribution in [1.29, 1.82) is 0 Å². The van der Waals surface area contributed by atoms with Gasteiger partial charge in [0.1, 0.15) is 12.0 Å². The van der Waals surface area contributed by atoms with E-state index in [1.54, 1.807) is 29.2 Å². The van der Waals surface area contributed by atoms with Gasteiger partial charge in [-0.1, -0.05) is 12.1 Å². The molecular formula is C18H20N4O4. The first-order chi connectivity index (χ1) is 12.4. The van der Waals surface area contributed by atoms with Gasteiger partial charge in [0.25, 0.3) is 5.56 Å². The Labute approximate surface area is 149 Å². The first-order valence-corrected chi connectivity index (χ1v) is 8.54. The lowest BCUT2D eigenvalue weighted by Gasteiger charge is -2.24. The number of likely N-dealkylation sites (tertiary alicyclic amines) is 2. The number of para-hydroxylation sites is 1. The number of carbonyl (C=O) groups excluding carboxylic acids is 1. The van der Waals surface area contributed by atoms with Crippen molar-refractivity contribution in [3.8, 4) is 0 Å². The number of benzene rings is 1. The molecule has 1 N–H and O–H groups in total. The van der Waals surface area contributed by atoms with Gasteiger partial charge in [-0.3, -0.25) is 19.0 Å². The summed E-state index contributed by atoms with van der Waals surface area (Å²) < 4.78 is 1.29. The van der Waals surface area contributed by atoms with Crippen LogP contribution in [0.5, 0.6) is 0 Å². The molecule has 0 radical (unpaired) electrons. The predicted molar refractivity (Wildman–Crippen MR) is 93.6 cm³/mol. The maximum Gasteiger partial charge on any atom is 0.313 e. The van der Waals surface area contributed by atoms with E-state index in [0.29, 0.717) is 30.5 Å². The Kier molecular flexibility index (Phi) is 3.80. The first kappa shape index (κ1) is 16.7. The Morgan fingerprint density at radius 2 is 2.04 bits per heavy atom. The lowest BCUT2D eigenvalue weighted by Crippen LogP contribution is -2.42. The summed E-state index contributed by atoms with van der Waals surface area (Å²) in [5.41, 5.74) is -0.586. The molecule has 2 atom stereocenters. The van der Waals surface area contributed by atoms with Gasteiger partial charge in [0.2, 0.25) is 5.91 Å². The highest BCUT2D eigenvalue weighted by Crippen LogP contribution is 2.42. The number of carboxylic acid groups (broad SMARTS) is 1. The van der Waals surface area contributed by atoms with E-state index in [-0.39, 0.29) is 30.5 Å². The van der Waals surface area contributed by atoms with Crippen molar-refractivity contribution in [2.75, 3.05) is 33.2 Å². The van der Waals surface area contributed by atoms with Gasteiger partial charge < -0.3 is 14.9 Å². The van der Waals surface area contributed by atoms with Crippen LogP contribution in [-0.2, 0) is 16.1 Å². The van der Waals surface area contributed by atoms with Crippen molar-refractivity contribution < 1.29 is 14.7 Å². The van der Waals surface area contributed by atoms with E-state index >= 15 is 0 Å². The molecule has 2 saturated heterocycles. The second kappa shape index (κ2) is 5.91. The summed E-state index contributed by atoms with van der Waals surface area (Å²) in [5.74, 6) is -1.19. The van der Waals surface area contributed by atoms with Crippen molar-refractivity contribution in [2.45, 2.75) is 6.54 Å². The molecule has 3 heterocycles. The van der Waals surface area contributed by atoms with Gasteiger partial charge in [0.05, 0.1) is 17.2 Å². The summed E-state index contributed by atoms with van der Waals surface area (Å²) in [7, 11) is 1.90. The standard InChI is InChI=1S/C18H20N4O4/c1-20-6-12-7-21(10-18(12,9-20)17(25)26)15(23)8-22-11-19-14-5-3-2-4-13(14)16(22)24/h2-5,11-12H,6-10H2,1H3,(H,25,26)/t12-,18-/m0/s1. The van der Waals surface area contributed by atoms with Crippen molar-refractivity contribution in [3.05, 3.63) is 40.9 Å². The molecule has 0 spiro atoms. The molecule has 0 bridgehead atoms. The van der Waals surface area contributed by atoms with Gasteiger partial charge in [-0.25, -0.2) is 4.98 Å². The zero-order chi connectivity index (χ0) is 18.5. The minimum Gasteiger partial charge on any atom is -0.481 e. The molecule has 2 aliphatic heterocycles.